The van der Waals surface area contributed by atoms with Gasteiger partial charge >= 0.3 is 0 Å². The second-order valence-corrected chi connectivity index (χ2v) is 4.30. The Labute approximate surface area is 99.4 Å². The van der Waals surface area contributed by atoms with Gasteiger partial charge in [0.15, 0.2) is 0 Å². The van der Waals surface area contributed by atoms with Crippen molar-refractivity contribution in [3.8, 4) is 0 Å². The molecule has 0 saturated heterocycles. The molecule has 0 aromatic carbocycles. The number of nitrogens with one attached hydrogen (secondary N) is 1. The Balaban J connectivity index is 2.66. The first-order valence-electron chi connectivity index (χ1n) is 6.63. The predicted octanol–water partition coefficient (Wildman–Crippen LogP) is 4.07. The van der Waals surface area contributed by atoms with E-state index in [9.17, 15) is 0 Å². The normalized spacial score (nSPS) is 12.9. The van der Waals surface area contributed by atoms with Crippen molar-refractivity contribution in [1.82, 2.24) is 5.32 Å². The van der Waals surface area contributed by atoms with Gasteiger partial charge in [0.2, 0.25) is 0 Å². The number of furan rings is 1. The molecule has 1 rings (SSSR count). The topological polar surface area (TPSA) is 25.2 Å². The SMILES string of the molecule is CCCCC(NCCC)c1ccoc1CC. The van der Waals surface area contributed by atoms with E-state index in [1.807, 2.05) is 6.26 Å². The molecule has 2 nitrogen and oxygen atoms in total. The molecule has 0 amide bonds. The minimum Gasteiger partial charge on any atom is -0.469 e. The lowest BCUT2D eigenvalue weighted by atomic mass is 10.0. The first-order valence-corrected chi connectivity index (χ1v) is 6.63. The molecule has 1 atom stereocenters. The smallest absolute Gasteiger partial charge is 0.108 e. The number of unbranched alkanes of at least 4 members (excludes halogenated alkanes) is 1. The number of aryl methyl sites for hydroxylation is 1. The fourth-order valence-electron chi connectivity index (χ4n) is 2.04. The molecule has 16 heavy (non-hydrogen) atoms. The largest absolute Gasteiger partial charge is 0.469 e. The Morgan fingerprint density at radius 3 is 2.69 bits per heavy atom. The number of rotatable bonds is 8. The highest BCUT2D eigenvalue weighted by molar-refractivity contribution is 5.21. The van der Waals surface area contributed by atoms with Gasteiger partial charge in [0, 0.05) is 18.0 Å². The minimum atomic E-state index is 0.480. The summed E-state index contributed by atoms with van der Waals surface area (Å²) in [5, 5.41) is 3.62. The summed E-state index contributed by atoms with van der Waals surface area (Å²) in [5.41, 5.74) is 1.37. The molecular formula is C14H25NO. The summed E-state index contributed by atoms with van der Waals surface area (Å²) >= 11 is 0. The Bertz CT molecular complexity index is 272. The molecule has 2 heteroatoms. The number of hydrogen-bond acceptors (Lipinski definition) is 2. The first kappa shape index (κ1) is 13.3. The van der Waals surface area contributed by atoms with E-state index >= 15 is 0 Å². The lowest BCUT2D eigenvalue weighted by molar-refractivity contribution is 0.457. The van der Waals surface area contributed by atoms with Crippen LogP contribution in [0.15, 0.2) is 16.7 Å². The van der Waals surface area contributed by atoms with Crippen LogP contribution >= 0.6 is 0 Å². The second-order valence-electron chi connectivity index (χ2n) is 4.30. The maximum absolute atomic E-state index is 5.51. The summed E-state index contributed by atoms with van der Waals surface area (Å²) in [6, 6.07) is 2.61. The lowest BCUT2D eigenvalue weighted by Crippen LogP contribution is -2.22. The van der Waals surface area contributed by atoms with E-state index in [0.717, 1.165) is 18.7 Å². The Kier molecular flexibility index (Phi) is 6.24. The van der Waals surface area contributed by atoms with Crippen LogP contribution in [0.3, 0.4) is 0 Å². The van der Waals surface area contributed by atoms with Crippen LogP contribution in [0.4, 0.5) is 0 Å². The molecular weight excluding hydrogens is 198 g/mol. The van der Waals surface area contributed by atoms with Crippen LogP contribution in [0.2, 0.25) is 0 Å². The van der Waals surface area contributed by atoms with Gasteiger partial charge in [-0.1, -0.05) is 33.6 Å². The molecule has 0 fully saturated rings. The van der Waals surface area contributed by atoms with Gasteiger partial charge in [0.1, 0.15) is 5.76 Å². The van der Waals surface area contributed by atoms with Crippen LogP contribution in [-0.4, -0.2) is 6.54 Å². The summed E-state index contributed by atoms with van der Waals surface area (Å²) in [6.07, 6.45) is 7.73. The van der Waals surface area contributed by atoms with Gasteiger partial charge in [-0.25, -0.2) is 0 Å². The molecule has 0 aliphatic heterocycles. The first-order chi connectivity index (χ1) is 7.83. The van der Waals surface area contributed by atoms with Crippen molar-refractivity contribution in [1.29, 1.82) is 0 Å². The standard InChI is InChI=1S/C14H25NO/c1-4-7-8-13(15-10-5-2)12-9-11-16-14(12)6-3/h9,11,13,15H,4-8,10H2,1-3H3. The van der Waals surface area contributed by atoms with E-state index in [1.165, 1.54) is 31.2 Å². The second kappa shape index (κ2) is 7.50. The summed E-state index contributed by atoms with van der Waals surface area (Å²) in [5.74, 6) is 1.14. The zero-order valence-electron chi connectivity index (χ0n) is 10.9. The zero-order valence-corrected chi connectivity index (χ0v) is 10.9. The van der Waals surface area contributed by atoms with E-state index in [0.29, 0.717) is 6.04 Å². The van der Waals surface area contributed by atoms with Gasteiger partial charge < -0.3 is 9.73 Å². The maximum Gasteiger partial charge on any atom is 0.108 e. The van der Waals surface area contributed by atoms with Crippen molar-refractivity contribution in [3.05, 3.63) is 23.7 Å². The van der Waals surface area contributed by atoms with E-state index in [1.54, 1.807) is 0 Å². The summed E-state index contributed by atoms with van der Waals surface area (Å²) < 4.78 is 5.51. The van der Waals surface area contributed by atoms with Crippen molar-refractivity contribution >= 4 is 0 Å². The van der Waals surface area contributed by atoms with Crippen molar-refractivity contribution in [2.45, 2.75) is 58.9 Å². The van der Waals surface area contributed by atoms with Crippen LogP contribution in [0.5, 0.6) is 0 Å². The van der Waals surface area contributed by atoms with Gasteiger partial charge in [-0.15, -0.1) is 0 Å². The quantitative estimate of drug-likeness (QED) is 0.718. The number of hydrogen-bond donors (Lipinski definition) is 1. The average Bonchev–Trinajstić information content (AvgIpc) is 2.77. The molecule has 0 radical (unpaired) electrons. The van der Waals surface area contributed by atoms with Crippen molar-refractivity contribution < 1.29 is 4.42 Å². The molecule has 0 spiro atoms. The monoisotopic (exact) mass is 223 g/mol. The third kappa shape index (κ3) is 3.67. The van der Waals surface area contributed by atoms with Crippen LogP contribution in [0.25, 0.3) is 0 Å². The van der Waals surface area contributed by atoms with E-state index < -0.39 is 0 Å². The summed E-state index contributed by atoms with van der Waals surface area (Å²) in [7, 11) is 0. The predicted molar refractivity (Wildman–Crippen MR) is 68.6 cm³/mol. The third-order valence-electron chi connectivity index (χ3n) is 2.96. The van der Waals surface area contributed by atoms with Gasteiger partial charge in [-0.05, 0) is 25.5 Å². The molecule has 1 unspecified atom stereocenters. The lowest BCUT2D eigenvalue weighted by Gasteiger charge is -2.18. The van der Waals surface area contributed by atoms with Crippen LogP contribution in [0, 0.1) is 0 Å². The Hall–Kier alpha value is -0.760. The maximum atomic E-state index is 5.51. The molecule has 1 heterocycles. The molecule has 1 N–H and O–H groups in total. The molecule has 0 bridgehead atoms. The molecule has 1 aromatic heterocycles. The van der Waals surface area contributed by atoms with Gasteiger partial charge in [-0.3, -0.25) is 0 Å². The highest BCUT2D eigenvalue weighted by Gasteiger charge is 2.15. The summed E-state index contributed by atoms with van der Waals surface area (Å²) in [4.78, 5) is 0. The van der Waals surface area contributed by atoms with Crippen LogP contribution < -0.4 is 5.32 Å². The van der Waals surface area contributed by atoms with Crippen molar-refractivity contribution in [3.63, 3.8) is 0 Å². The third-order valence-corrected chi connectivity index (χ3v) is 2.96. The van der Waals surface area contributed by atoms with Gasteiger partial charge in [0.25, 0.3) is 0 Å². The van der Waals surface area contributed by atoms with E-state index in [4.69, 9.17) is 4.42 Å². The van der Waals surface area contributed by atoms with Crippen molar-refractivity contribution in [2.24, 2.45) is 0 Å². The van der Waals surface area contributed by atoms with Gasteiger partial charge in [0.05, 0.1) is 6.26 Å². The van der Waals surface area contributed by atoms with Crippen LogP contribution in [0.1, 0.15) is 63.8 Å². The van der Waals surface area contributed by atoms with Crippen molar-refractivity contribution in [2.75, 3.05) is 6.54 Å². The van der Waals surface area contributed by atoms with E-state index in [-0.39, 0.29) is 0 Å². The minimum absolute atomic E-state index is 0.480. The highest BCUT2D eigenvalue weighted by Crippen LogP contribution is 2.24. The Morgan fingerprint density at radius 2 is 2.06 bits per heavy atom. The average molecular weight is 223 g/mol. The molecule has 92 valence electrons. The fraction of sp³-hybridized carbons (Fsp3) is 0.714. The molecule has 0 aliphatic rings. The van der Waals surface area contributed by atoms with E-state index in [2.05, 4.69) is 32.2 Å². The van der Waals surface area contributed by atoms with Gasteiger partial charge in [-0.2, -0.15) is 0 Å². The Morgan fingerprint density at radius 1 is 1.25 bits per heavy atom. The fourth-order valence-corrected chi connectivity index (χ4v) is 2.04. The molecule has 0 saturated carbocycles. The molecule has 1 aromatic rings. The highest BCUT2D eigenvalue weighted by atomic mass is 16.3. The molecule has 0 aliphatic carbocycles. The van der Waals surface area contributed by atoms with Crippen LogP contribution in [-0.2, 0) is 6.42 Å². The zero-order chi connectivity index (χ0) is 11.8. The summed E-state index contributed by atoms with van der Waals surface area (Å²) in [6.45, 7) is 7.69.